The molecule has 0 bridgehead atoms. The second-order valence-corrected chi connectivity index (χ2v) is 6.72. The number of hydrogen-bond acceptors (Lipinski definition) is 3. The summed E-state index contributed by atoms with van der Waals surface area (Å²) in [4.78, 5) is 12.0. The Hall–Kier alpha value is -2.60. The van der Waals surface area contributed by atoms with Gasteiger partial charge in [-0.25, -0.2) is 0 Å². The van der Waals surface area contributed by atoms with E-state index in [-0.39, 0.29) is 11.0 Å². The summed E-state index contributed by atoms with van der Waals surface area (Å²) in [5.74, 6) is 0.719. The summed E-state index contributed by atoms with van der Waals surface area (Å²) >= 11 is 17.2. The van der Waals surface area contributed by atoms with Gasteiger partial charge in [0.2, 0.25) is 5.91 Å². The Morgan fingerprint density at radius 1 is 1.04 bits per heavy atom. The number of nitrogens with one attached hydrogen (secondary N) is 2. The van der Waals surface area contributed by atoms with Gasteiger partial charge in [0.1, 0.15) is 11.5 Å². The van der Waals surface area contributed by atoms with Crippen LogP contribution in [0.15, 0.2) is 71.2 Å². The number of thiocarbonyl (C=S) groups is 1. The van der Waals surface area contributed by atoms with Crippen molar-refractivity contribution in [1.82, 2.24) is 5.32 Å². The van der Waals surface area contributed by atoms with E-state index in [4.69, 9.17) is 39.8 Å². The van der Waals surface area contributed by atoms with Crippen LogP contribution >= 0.6 is 35.4 Å². The number of carbonyl (C=O) groups is 1. The van der Waals surface area contributed by atoms with Crippen molar-refractivity contribution in [1.29, 1.82) is 0 Å². The normalized spacial score (nSPS) is 10.7. The highest BCUT2D eigenvalue weighted by Gasteiger charge is 2.08. The van der Waals surface area contributed by atoms with Crippen molar-refractivity contribution in [3.05, 3.63) is 82.5 Å². The summed E-state index contributed by atoms with van der Waals surface area (Å²) in [5.41, 5.74) is 1.51. The third kappa shape index (κ3) is 5.44. The van der Waals surface area contributed by atoms with Crippen LogP contribution in [0.4, 0.5) is 5.69 Å². The molecule has 4 nitrogen and oxygen atoms in total. The largest absolute Gasteiger partial charge is 0.457 e. The lowest BCUT2D eigenvalue weighted by Gasteiger charge is -2.07. The van der Waals surface area contributed by atoms with Crippen LogP contribution in [0.1, 0.15) is 5.76 Å². The van der Waals surface area contributed by atoms with E-state index in [2.05, 4.69) is 10.6 Å². The highest BCUT2D eigenvalue weighted by molar-refractivity contribution is 7.80. The van der Waals surface area contributed by atoms with Crippen LogP contribution in [0.2, 0.25) is 10.0 Å². The molecule has 3 rings (SSSR count). The van der Waals surface area contributed by atoms with E-state index >= 15 is 0 Å². The molecule has 0 fully saturated rings. The number of hydrogen-bond donors (Lipinski definition) is 2. The Labute approximate surface area is 171 Å². The zero-order valence-electron chi connectivity index (χ0n) is 13.9. The third-order valence-corrected chi connectivity index (χ3v) is 4.24. The van der Waals surface area contributed by atoms with Crippen LogP contribution in [0.25, 0.3) is 17.4 Å². The number of amides is 1. The summed E-state index contributed by atoms with van der Waals surface area (Å²) in [7, 11) is 0. The van der Waals surface area contributed by atoms with Gasteiger partial charge in [-0.1, -0.05) is 41.4 Å². The Bertz CT molecular complexity index is 1000. The van der Waals surface area contributed by atoms with Crippen LogP contribution in [-0.2, 0) is 4.79 Å². The average molecular weight is 417 g/mol. The van der Waals surface area contributed by atoms with E-state index in [1.165, 1.54) is 6.08 Å². The third-order valence-electron chi connectivity index (χ3n) is 3.49. The number of halogens is 2. The predicted octanol–water partition coefficient (Wildman–Crippen LogP) is 5.78. The first-order valence-corrected chi connectivity index (χ1v) is 9.08. The number of benzene rings is 2. The Balaban J connectivity index is 1.60. The monoisotopic (exact) mass is 416 g/mol. The van der Waals surface area contributed by atoms with Crippen molar-refractivity contribution in [3.63, 3.8) is 0 Å². The van der Waals surface area contributed by atoms with Crippen LogP contribution in [-0.4, -0.2) is 11.0 Å². The van der Waals surface area contributed by atoms with E-state index in [1.54, 1.807) is 36.4 Å². The summed E-state index contributed by atoms with van der Waals surface area (Å²) in [6, 6.07) is 18.0. The lowest BCUT2D eigenvalue weighted by molar-refractivity contribution is -0.115. The zero-order chi connectivity index (χ0) is 19.2. The quantitative estimate of drug-likeness (QED) is 0.418. The molecule has 0 aliphatic heterocycles. The van der Waals surface area contributed by atoms with Crippen LogP contribution in [0.5, 0.6) is 0 Å². The van der Waals surface area contributed by atoms with Gasteiger partial charge in [-0.2, -0.15) is 0 Å². The fraction of sp³-hybridized carbons (Fsp3) is 0. The number of anilines is 1. The summed E-state index contributed by atoms with van der Waals surface area (Å²) in [5, 5.41) is 6.74. The van der Waals surface area contributed by atoms with Gasteiger partial charge in [0.05, 0.1) is 5.02 Å². The predicted molar refractivity (Wildman–Crippen MR) is 114 cm³/mol. The Morgan fingerprint density at radius 2 is 1.81 bits per heavy atom. The summed E-state index contributed by atoms with van der Waals surface area (Å²) in [6.45, 7) is 0. The molecule has 0 atom stereocenters. The van der Waals surface area contributed by atoms with Crippen molar-refractivity contribution in [2.75, 3.05) is 5.32 Å². The standard InChI is InChI=1S/C20H14Cl2N2O2S/c21-13-6-9-16(17(22)12-13)18-10-7-15(26-18)8-11-19(25)24-20(27)23-14-4-2-1-3-5-14/h1-12H,(H2,23,24,25,27)/b11-8+. The Kier molecular flexibility index (Phi) is 6.29. The van der Waals surface area contributed by atoms with Gasteiger partial charge < -0.3 is 9.73 Å². The van der Waals surface area contributed by atoms with Gasteiger partial charge in [0.15, 0.2) is 5.11 Å². The molecule has 1 aromatic heterocycles. The van der Waals surface area contributed by atoms with Gasteiger partial charge >= 0.3 is 0 Å². The minimum absolute atomic E-state index is 0.212. The van der Waals surface area contributed by atoms with E-state index in [9.17, 15) is 4.79 Å². The molecule has 0 radical (unpaired) electrons. The molecular weight excluding hydrogens is 403 g/mol. The van der Waals surface area contributed by atoms with Crippen LogP contribution in [0, 0.1) is 0 Å². The molecule has 3 aromatic rings. The molecule has 0 saturated carbocycles. The minimum atomic E-state index is -0.370. The van der Waals surface area contributed by atoms with Crippen molar-refractivity contribution < 1.29 is 9.21 Å². The first-order chi connectivity index (χ1) is 13.0. The number of carbonyl (C=O) groups excluding carboxylic acids is 1. The van der Waals surface area contributed by atoms with E-state index in [0.717, 1.165) is 11.3 Å². The molecule has 0 unspecified atom stereocenters. The fourth-order valence-electron chi connectivity index (χ4n) is 2.27. The van der Waals surface area contributed by atoms with Gasteiger partial charge in [-0.05, 0) is 60.8 Å². The molecule has 2 N–H and O–H groups in total. The second-order valence-electron chi connectivity index (χ2n) is 5.47. The van der Waals surface area contributed by atoms with Gasteiger partial charge in [0.25, 0.3) is 0 Å². The topological polar surface area (TPSA) is 54.3 Å². The van der Waals surface area contributed by atoms with Crippen molar-refractivity contribution >= 4 is 58.2 Å². The molecule has 1 heterocycles. The zero-order valence-corrected chi connectivity index (χ0v) is 16.2. The van der Waals surface area contributed by atoms with Gasteiger partial charge in [0, 0.05) is 22.3 Å². The Morgan fingerprint density at radius 3 is 2.56 bits per heavy atom. The molecule has 0 saturated heterocycles. The van der Waals surface area contributed by atoms with Gasteiger partial charge in [-0.3, -0.25) is 10.1 Å². The maximum absolute atomic E-state index is 12.0. The number of para-hydroxylation sites is 1. The van der Waals surface area contributed by atoms with Crippen LogP contribution in [0.3, 0.4) is 0 Å². The first kappa shape index (κ1) is 19.2. The first-order valence-electron chi connectivity index (χ1n) is 7.91. The average Bonchev–Trinajstić information content (AvgIpc) is 3.09. The smallest absolute Gasteiger partial charge is 0.250 e. The molecule has 2 aromatic carbocycles. The number of furan rings is 1. The van der Waals surface area contributed by atoms with Crippen LogP contribution < -0.4 is 10.6 Å². The molecule has 0 aliphatic carbocycles. The highest BCUT2D eigenvalue weighted by atomic mass is 35.5. The van der Waals surface area contributed by atoms with Crippen molar-refractivity contribution in [2.45, 2.75) is 0 Å². The van der Waals surface area contributed by atoms with E-state index < -0.39 is 0 Å². The summed E-state index contributed by atoms with van der Waals surface area (Å²) in [6.07, 6.45) is 2.89. The van der Waals surface area contributed by atoms with Crippen molar-refractivity contribution in [2.24, 2.45) is 0 Å². The maximum Gasteiger partial charge on any atom is 0.250 e. The lowest BCUT2D eigenvalue weighted by atomic mass is 10.2. The van der Waals surface area contributed by atoms with Gasteiger partial charge in [-0.15, -0.1) is 0 Å². The van der Waals surface area contributed by atoms with Crippen molar-refractivity contribution in [3.8, 4) is 11.3 Å². The lowest BCUT2D eigenvalue weighted by Crippen LogP contribution is -2.32. The molecule has 0 aliphatic rings. The molecule has 0 spiro atoms. The SMILES string of the molecule is O=C(/C=C/c1ccc(-c2ccc(Cl)cc2Cl)o1)NC(=S)Nc1ccccc1. The highest BCUT2D eigenvalue weighted by Crippen LogP contribution is 2.31. The van der Waals surface area contributed by atoms with E-state index in [1.807, 2.05) is 30.3 Å². The molecule has 1 amide bonds. The summed E-state index contributed by atoms with van der Waals surface area (Å²) < 4.78 is 5.70. The molecule has 136 valence electrons. The minimum Gasteiger partial charge on any atom is -0.457 e. The maximum atomic E-state index is 12.0. The molecule has 7 heteroatoms. The van der Waals surface area contributed by atoms with E-state index in [0.29, 0.717) is 21.6 Å². The fourth-order valence-corrected chi connectivity index (χ4v) is 2.99. The molecule has 27 heavy (non-hydrogen) atoms. The second kappa shape index (κ2) is 8.86. The molecular formula is C20H14Cl2N2O2S. The number of rotatable bonds is 4.